The van der Waals surface area contributed by atoms with Crippen LogP contribution in [0.5, 0.6) is 11.5 Å². The summed E-state index contributed by atoms with van der Waals surface area (Å²) in [5.74, 6) is 1.75. The van der Waals surface area contributed by atoms with E-state index in [-0.39, 0.29) is 11.6 Å². The Bertz CT molecular complexity index is 498. The number of methoxy groups -OCH3 is 1. The summed E-state index contributed by atoms with van der Waals surface area (Å²) in [7, 11) is 1.68. The first-order chi connectivity index (χ1) is 8.93. The fourth-order valence-electron chi connectivity index (χ4n) is 3.70. The summed E-state index contributed by atoms with van der Waals surface area (Å²) in [4.78, 5) is 0. The molecule has 1 heterocycles. The van der Waals surface area contributed by atoms with Crippen LogP contribution in [0.2, 0.25) is 0 Å². The quantitative estimate of drug-likeness (QED) is 0.842. The Morgan fingerprint density at radius 3 is 2.74 bits per heavy atom. The monoisotopic (exact) mass is 261 g/mol. The molecule has 0 bridgehead atoms. The van der Waals surface area contributed by atoms with Gasteiger partial charge in [0.2, 0.25) is 0 Å². The van der Waals surface area contributed by atoms with Crippen molar-refractivity contribution in [3.8, 4) is 11.5 Å². The third kappa shape index (κ3) is 2.20. The highest BCUT2D eigenvalue weighted by Gasteiger charge is 2.48. The second-order valence-electron chi connectivity index (χ2n) is 6.84. The summed E-state index contributed by atoms with van der Waals surface area (Å²) >= 11 is 0. The molecule has 1 aromatic rings. The fourth-order valence-corrected chi connectivity index (χ4v) is 3.70. The lowest BCUT2D eigenvalue weighted by molar-refractivity contribution is 0.0329. The smallest absolute Gasteiger partial charge is 0.128 e. The average Bonchev–Trinajstić information content (AvgIpc) is 2.63. The molecule has 2 N–H and O–H groups in total. The third-order valence-electron chi connectivity index (χ3n) is 4.60. The maximum atomic E-state index is 6.37. The average molecular weight is 261 g/mol. The molecule has 3 nitrogen and oxygen atoms in total. The number of ether oxygens (including phenoxy) is 2. The van der Waals surface area contributed by atoms with Gasteiger partial charge in [0, 0.05) is 24.1 Å². The molecule has 0 saturated heterocycles. The first-order valence-corrected chi connectivity index (χ1v) is 7.06. The summed E-state index contributed by atoms with van der Waals surface area (Å²) < 4.78 is 11.7. The van der Waals surface area contributed by atoms with Crippen molar-refractivity contribution >= 4 is 0 Å². The maximum Gasteiger partial charge on any atom is 0.128 e. The van der Waals surface area contributed by atoms with Crippen LogP contribution in [-0.4, -0.2) is 12.7 Å². The van der Waals surface area contributed by atoms with E-state index in [1.165, 1.54) is 6.42 Å². The predicted molar refractivity (Wildman–Crippen MR) is 75.5 cm³/mol. The van der Waals surface area contributed by atoms with Gasteiger partial charge in [-0.3, -0.25) is 0 Å². The van der Waals surface area contributed by atoms with E-state index in [2.05, 4.69) is 13.8 Å². The van der Waals surface area contributed by atoms with Crippen molar-refractivity contribution in [1.29, 1.82) is 0 Å². The van der Waals surface area contributed by atoms with Crippen molar-refractivity contribution in [1.82, 2.24) is 0 Å². The first kappa shape index (κ1) is 12.8. The van der Waals surface area contributed by atoms with Crippen LogP contribution in [0.3, 0.4) is 0 Å². The summed E-state index contributed by atoms with van der Waals surface area (Å²) in [5, 5.41) is 0. The van der Waals surface area contributed by atoms with Gasteiger partial charge in [-0.25, -0.2) is 0 Å². The molecule has 2 aliphatic rings. The Kier molecular flexibility index (Phi) is 2.79. The van der Waals surface area contributed by atoms with Crippen LogP contribution in [-0.2, 0) is 0 Å². The van der Waals surface area contributed by atoms with Gasteiger partial charge in [0.1, 0.15) is 17.1 Å². The Morgan fingerprint density at radius 2 is 2.11 bits per heavy atom. The molecule has 1 aliphatic heterocycles. The first-order valence-electron chi connectivity index (χ1n) is 7.06. The zero-order chi connectivity index (χ0) is 13.7. The van der Waals surface area contributed by atoms with Crippen LogP contribution in [0.15, 0.2) is 18.2 Å². The van der Waals surface area contributed by atoms with Gasteiger partial charge in [0.05, 0.1) is 7.11 Å². The Balaban J connectivity index is 1.95. The van der Waals surface area contributed by atoms with E-state index >= 15 is 0 Å². The largest absolute Gasteiger partial charge is 0.497 e. The molecule has 3 rings (SSSR count). The lowest BCUT2D eigenvalue weighted by atomic mass is 9.83. The van der Waals surface area contributed by atoms with Crippen LogP contribution < -0.4 is 15.2 Å². The van der Waals surface area contributed by atoms with E-state index < -0.39 is 0 Å². The number of hydrogen-bond acceptors (Lipinski definition) is 3. The van der Waals surface area contributed by atoms with Gasteiger partial charge in [-0.05, 0) is 30.7 Å². The van der Waals surface area contributed by atoms with E-state index in [1.807, 2.05) is 18.2 Å². The van der Waals surface area contributed by atoms with Crippen LogP contribution in [0.1, 0.15) is 51.1 Å². The van der Waals surface area contributed by atoms with Gasteiger partial charge in [0.25, 0.3) is 0 Å². The number of nitrogens with two attached hydrogens (primary N) is 1. The molecule has 3 heteroatoms. The lowest BCUT2D eigenvalue weighted by Gasteiger charge is -2.39. The second kappa shape index (κ2) is 4.14. The summed E-state index contributed by atoms with van der Waals surface area (Å²) in [6.45, 7) is 4.63. The van der Waals surface area contributed by atoms with Crippen LogP contribution in [0.25, 0.3) is 0 Å². The molecule has 1 fully saturated rings. The Labute approximate surface area is 115 Å². The molecule has 0 radical (unpaired) electrons. The summed E-state index contributed by atoms with van der Waals surface area (Å²) in [6, 6.07) is 6.04. The van der Waals surface area contributed by atoms with Crippen molar-refractivity contribution in [2.24, 2.45) is 11.1 Å². The van der Waals surface area contributed by atoms with Crippen molar-refractivity contribution < 1.29 is 9.47 Å². The van der Waals surface area contributed by atoms with Gasteiger partial charge in [-0.15, -0.1) is 0 Å². The SMILES string of the molecule is COc1ccc2c(c1)OC1(CCC(C)(C)C1)CC2N. The van der Waals surface area contributed by atoms with Crippen molar-refractivity contribution in [2.75, 3.05) is 7.11 Å². The Morgan fingerprint density at radius 1 is 1.32 bits per heavy atom. The van der Waals surface area contributed by atoms with Gasteiger partial charge in [-0.1, -0.05) is 19.9 Å². The van der Waals surface area contributed by atoms with Gasteiger partial charge < -0.3 is 15.2 Å². The predicted octanol–water partition coefficient (Wildman–Crippen LogP) is 3.43. The van der Waals surface area contributed by atoms with Gasteiger partial charge in [-0.2, -0.15) is 0 Å². The van der Waals surface area contributed by atoms with E-state index in [1.54, 1.807) is 7.11 Å². The molecular formula is C16H23NO2. The molecular weight excluding hydrogens is 238 g/mol. The molecule has 104 valence electrons. The number of rotatable bonds is 1. The molecule has 0 amide bonds. The van der Waals surface area contributed by atoms with Crippen molar-refractivity contribution in [3.05, 3.63) is 23.8 Å². The molecule has 1 spiro atoms. The second-order valence-corrected chi connectivity index (χ2v) is 6.84. The minimum atomic E-state index is -0.0672. The zero-order valence-electron chi connectivity index (χ0n) is 12.0. The topological polar surface area (TPSA) is 44.5 Å². The highest BCUT2D eigenvalue weighted by molar-refractivity contribution is 5.44. The normalized spacial score (nSPS) is 31.9. The minimum absolute atomic E-state index is 0.0672. The highest BCUT2D eigenvalue weighted by Crippen LogP contribution is 2.52. The standard InChI is InChI=1S/C16H23NO2/c1-15(2)6-7-16(10-15)9-13(17)12-5-4-11(18-3)8-14(12)19-16/h4-5,8,13H,6-7,9-10,17H2,1-3H3. The van der Waals surface area contributed by atoms with Gasteiger partial charge in [0.15, 0.2) is 0 Å². The van der Waals surface area contributed by atoms with E-state index in [0.717, 1.165) is 36.3 Å². The number of hydrogen-bond donors (Lipinski definition) is 1. The summed E-state index contributed by atoms with van der Waals surface area (Å²) in [6.07, 6.45) is 4.32. The molecule has 19 heavy (non-hydrogen) atoms. The third-order valence-corrected chi connectivity index (χ3v) is 4.60. The lowest BCUT2D eigenvalue weighted by Crippen LogP contribution is -2.41. The Hall–Kier alpha value is -1.22. The molecule has 2 unspecified atom stereocenters. The zero-order valence-corrected chi connectivity index (χ0v) is 12.0. The molecule has 1 aliphatic carbocycles. The van der Waals surface area contributed by atoms with Crippen LogP contribution in [0, 0.1) is 5.41 Å². The summed E-state index contributed by atoms with van der Waals surface area (Å²) in [5.41, 5.74) is 7.76. The highest BCUT2D eigenvalue weighted by atomic mass is 16.5. The number of fused-ring (bicyclic) bond motifs is 1. The van der Waals surface area contributed by atoms with E-state index in [0.29, 0.717) is 5.41 Å². The van der Waals surface area contributed by atoms with E-state index in [9.17, 15) is 0 Å². The molecule has 2 atom stereocenters. The number of benzene rings is 1. The van der Waals surface area contributed by atoms with E-state index in [4.69, 9.17) is 15.2 Å². The molecule has 1 saturated carbocycles. The fraction of sp³-hybridized carbons (Fsp3) is 0.625. The minimum Gasteiger partial charge on any atom is -0.497 e. The molecule has 1 aromatic carbocycles. The van der Waals surface area contributed by atoms with Gasteiger partial charge >= 0.3 is 0 Å². The van der Waals surface area contributed by atoms with Crippen LogP contribution >= 0.6 is 0 Å². The van der Waals surface area contributed by atoms with Crippen molar-refractivity contribution in [2.45, 2.75) is 51.2 Å². The van der Waals surface area contributed by atoms with Crippen LogP contribution in [0.4, 0.5) is 0 Å². The molecule has 0 aromatic heterocycles. The maximum absolute atomic E-state index is 6.37. The van der Waals surface area contributed by atoms with Crippen molar-refractivity contribution in [3.63, 3.8) is 0 Å².